The second kappa shape index (κ2) is 6.34. The van der Waals surface area contributed by atoms with E-state index < -0.39 is 11.9 Å². The number of esters is 2. The third-order valence-corrected chi connectivity index (χ3v) is 2.94. The lowest BCUT2D eigenvalue weighted by molar-refractivity contribution is -0.133. The van der Waals surface area contributed by atoms with Crippen molar-refractivity contribution in [1.82, 2.24) is 0 Å². The largest absolute Gasteiger partial charge is 0.497 e. The van der Waals surface area contributed by atoms with Crippen molar-refractivity contribution in [2.24, 2.45) is 0 Å². The molecule has 0 heterocycles. The fourth-order valence-electron chi connectivity index (χ4n) is 2.09. The minimum atomic E-state index is -0.476. The maximum absolute atomic E-state index is 11.3. The average Bonchev–Trinajstić information content (AvgIpc) is 2.48. The van der Waals surface area contributed by atoms with Gasteiger partial charge in [0.1, 0.15) is 11.5 Å². The van der Waals surface area contributed by atoms with Crippen LogP contribution >= 0.6 is 0 Å². The zero-order valence-electron chi connectivity index (χ0n) is 12.8. The van der Waals surface area contributed by atoms with Crippen molar-refractivity contribution < 1.29 is 28.5 Å². The first-order chi connectivity index (χ1) is 10.5. The molecular formula is C16H16O6. The summed E-state index contributed by atoms with van der Waals surface area (Å²) in [7, 11) is 2.97. The summed E-state index contributed by atoms with van der Waals surface area (Å²) in [5.41, 5.74) is 0. The van der Waals surface area contributed by atoms with Crippen LogP contribution in [0, 0.1) is 0 Å². The molecule has 0 atom stereocenters. The summed E-state index contributed by atoms with van der Waals surface area (Å²) in [5.74, 6) is 0.503. The fraction of sp³-hybridized carbons (Fsp3) is 0.250. The quantitative estimate of drug-likeness (QED) is 0.639. The number of hydrogen-bond acceptors (Lipinski definition) is 6. The molecule has 6 nitrogen and oxygen atoms in total. The summed E-state index contributed by atoms with van der Waals surface area (Å²) in [6.45, 7) is 2.60. The van der Waals surface area contributed by atoms with E-state index in [1.807, 2.05) is 0 Å². The van der Waals surface area contributed by atoms with Gasteiger partial charge in [-0.2, -0.15) is 0 Å². The van der Waals surface area contributed by atoms with Crippen LogP contribution in [0.2, 0.25) is 0 Å². The molecule has 2 aromatic rings. The second-order valence-corrected chi connectivity index (χ2v) is 4.50. The van der Waals surface area contributed by atoms with Gasteiger partial charge in [-0.3, -0.25) is 9.59 Å². The van der Waals surface area contributed by atoms with Crippen molar-refractivity contribution in [2.75, 3.05) is 14.2 Å². The van der Waals surface area contributed by atoms with Gasteiger partial charge in [0.05, 0.1) is 14.2 Å². The fourth-order valence-corrected chi connectivity index (χ4v) is 2.09. The van der Waals surface area contributed by atoms with E-state index in [0.29, 0.717) is 28.0 Å². The average molecular weight is 304 g/mol. The number of fused-ring (bicyclic) bond motifs is 1. The summed E-state index contributed by atoms with van der Waals surface area (Å²) in [5, 5.41) is 1.15. The zero-order chi connectivity index (χ0) is 16.3. The molecule has 0 unspecified atom stereocenters. The second-order valence-electron chi connectivity index (χ2n) is 4.50. The first kappa shape index (κ1) is 15.6. The van der Waals surface area contributed by atoms with E-state index >= 15 is 0 Å². The van der Waals surface area contributed by atoms with Crippen LogP contribution < -0.4 is 18.9 Å². The Bertz CT molecular complexity index is 735. The lowest BCUT2D eigenvalue weighted by atomic mass is 10.1. The molecule has 0 spiro atoms. The minimum Gasteiger partial charge on any atom is -0.497 e. The highest BCUT2D eigenvalue weighted by Crippen LogP contribution is 2.43. The van der Waals surface area contributed by atoms with Gasteiger partial charge in [0.15, 0.2) is 11.5 Å². The number of carbonyl (C=O) groups excluding carboxylic acids is 2. The predicted molar refractivity (Wildman–Crippen MR) is 79.7 cm³/mol. The molecule has 0 aromatic heterocycles. The molecule has 0 radical (unpaired) electrons. The van der Waals surface area contributed by atoms with Gasteiger partial charge in [0.2, 0.25) is 0 Å². The van der Waals surface area contributed by atoms with Crippen LogP contribution in [-0.4, -0.2) is 26.2 Å². The Morgan fingerprint density at radius 3 is 2.05 bits per heavy atom. The van der Waals surface area contributed by atoms with Crippen LogP contribution in [0.3, 0.4) is 0 Å². The van der Waals surface area contributed by atoms with Crippen molar-refractivity contribution >= 4 is 22.7 Å². The van der Waals surface area contributed by atoms with E-state index in [0.717, 1.165) is 0 Å². The summed E-state index contributed by atoms with van der Waals surface area (Å²) in [6.07, 6.45) is 0. The van der Waals surface area contributed by atoms with E-state index in [2.05, 4.69) is 0 Å². The summed E-state index contributed by atoms with van der Waals surface area (Å²) in [6, 6.07) is 6.62. The zero-order valence-corrected chi connectivity index (χ0v) is 12.8. The van der Waals surface area contributed by atoms with E-state index in [4.69, 9.17) is 18.9 Å². The SMILES string of the molecule is COc1ccc2c(OC(C)=O)c(OC)cc(OC(C)=O)c2c1. The molecule has 0 aliphatic heterocycles. The molecule has 6 heteroatoms. The van der Waals surface area contributed by atoms with Crippen LogP contribution in [0.25, 0.3) is 10.8 Å². The van der Waals surface area contributed by atoms with Gasteiger partial charge in [-0.15, -0.1) is 0 Å². The Balaban J connectivity index is 2.77. The Morgan fingerprint density at radius 2 is 1.50 bits per heavy atom. The molecule has 0 fully saturated rings. The highest BCUT2D eigenvalue weighted by Gasteiger charge is 2.18. The highest BCUT2D eigenvalue weighted by atomic mass is 16.6. The predicted octanol–water partition coefficient (Wildman–Crippen LogP) is 2.71. The van der Waals surface area contributed by atoms with E-state index in [1.165, 1.54) is 34.1 Å². The van der Waals surface area contributed by atoms with Gasteiger partial charge in [-0.05, 0) is 18.2 Å². The molecule has 0 N–H and O–H groups in total. The molecule has 0 amide bonds. The smallest absolute Gasteiger partial charge is 0.308 e. The number of hydrogen-bond donors (Lipinski definition) is 0. The molecule has 22 heavy (non-hydrogen) atoms. The van der Waals surface area contributed by atoms with Crippen LogP contribution in [0.15, 0.2) is 24.3 Å². The molecular weight excluding hydrogens is 288 g/mol. The maximum atomic E-state index is 11.3. The first-order valence-corrected chi connectivity index (χ1v) is 6.51. The van der Waals surface area contributed by atoms with E-state index in [1.54, 1.807) is 18.2 Å². The van der Waals surface area contributed by atoms with E-state index in [9.17, 15) is 9.59 Å². The van der Waals surface area contributed by atoms with Crippen LogP contribution in [-0.2, 0) is 9.59 Å². The Morgan fingerprint density at radius 1 is 0.818 bits per heavy atom. The van der Waals surface area contributed by atoms with Crippen LogP contribution in [0.4, 0.5) is 0 Å². The lowest BCUT2D eigenvalue weighted by Crippen LogP contribution is -2.06. The molecule has 0 saturated heterocycles. The Hall–Kier alpha value is -2.76. The van der Waals surface area contributed by atoms with Crippen molar-refractivity contribution in [1.29, 1.82) is 0 Å². The summed E-state index contributed by atoms with van der Waals surface area (Å²) in [4.78, 5) is 22.6. The van der Waals surface area contributed by atoms with Gasteiger partial charge >= 0.3 is 11.9 Å². The Kier molecular flexibility index (Phi) is 4.50. The van der Waals surface area contributed by atoms with Gasteiger partial charge in [-0.25, -0.2) is 0 Å². The van der Waals surface area contributed by atoms with E-state index in [-0.39, 0.29) is 5.75 Å². The summed E-state index contributed by atoms with van der Waals surface area (Å²) < 4.78 is 20.9. The summed E-state index contributed by atoms with van der Waals surface area (Å²) >= 11 is 0. The van der Waals surface area contributed by atoms with Gasteiger partial charge < -0.3 is 18.9 Å². The topological polar surface area (TPSA) is 71.1 Å². The monoisotopic (exact) mass is 304 g/mol. The third-order valence-electron chi connectivity index (χ3n) is 2.94. The van der Waals surface area contributed by atoms with Gasteiger partial charge in [0, 0.05) is 30.7 Å². The number of ether oxygens (including phenoxy) is 4. The number of methoxy groups -OCH3 is 2. The molecule has 0 aliphatic carbocycles. The molecule has 2 rings (SSSR count). The third kappa shape index (κ3) is 3.11. The van der Waals surface area contributed by atoms with Gasteiger partial charge in [0.25, 0.3) is 0 Å². The maximum Gasteiger partial charge on any atom is 0.308 e. The molecule has 0 bridgehead atoms. The standard InChI is InChI=1S/C16H16O6/c1-9(17)21-14-8-15(20-4)16(22-10(2)18)12-6-5-11(19-3)7-13(12)14/h5-8H,1-4H3. The highest BCUT2D eigenvalue weighted by molar-refractivity contribution is 5.98. The Labute approximate surface area is 127 Å². The van der Waals surface area contributed by atoms with Crippen LogP contribution in [0.5, 0.6) is 23.0 Å². The van der Waals surface area contributed by atoms with Crippen molar-refractivity contribution in [3.8, 4) is 23.0 Å². The van der Waals surface area contributed by atoms with Crippen molar-refractivity contribution in [3.63, 3.8) is 0 Å². The lowest BCUT2D eigenvalue weighted by Gasteiger charge is -2.15. The molecule has 2 aromatic carbocycles. The van der Waals surface area contributed by atoms with Gasteiger partial charge in [-0.1, -0.05) is 0 Å². The van der Waals surface area contributed by atoms with Crippen molar-refractivity contribution in [2.45, 2.75) is 13.8 Å². The van der Waals surface area contributed by atoms with Crippen molar-refractivity contribution in [3.05, 3.63) is 24.3 Å². The number of benzene rings is 2. The normalized spacial score (nSPS) is 10.2. The number of carbonyl (C=O) groups is 2. The molecule has 116 valence electrons. The minimum absolute atomic E-state index is 0.267. The number of rotatable bonds is 4. The first-order valence-electron chi connectivity index (χ1n) is 6.51. The molecule has 0 aliphatic rings. The molecule has 0 saturated carbocycles. The van der Waals surface area contributed by atoms with Crippen LogP contribution in [0.1, 0.15) is 13.8 Å².